The molecule has 6 heteroatoms. The highest BCUT2D eigenvalue weighted by atomic mass is 79.9. The van der Waals surface area contributed by atoms with Gasteiger partial charge in [-0.2, -0.15) is 0 Å². The van der Waals surface area contributed by atoms with Crippen molar-refractivity contribution in [1.29, 1.82) is 0 Å². The van der Waals surface area contributed by atoms with Gasteiger partial charge in [0.15, 0.2) is 0 Å². The Hall–Kier alpha value is -2.21. The van der Waals surface area contributed by atoms with E-state index in [2.05, 4.69) is 21.2 Å². The number of amides is 1. The molecule has 2 rings (SSSR count). The second-order valence-electron chi connectivity index (χ2n) is 4.25. The molecule has 0 aliphatic carbocycles. The first kappa shape index (κ1) is 15.2. The number of methoxy groups -OCH3 is 2. The zero-order valence-electron chi connectivity index (χ0n) is 11.6. The van der Waals surface area contributed by atoms with Crippen LogP contribution in [0.5, 0.6) is 11.5 Å². The quantitative estimate of drug-likeness (QED) is 0.829. The van der Waals surface area contributed by atoms with E-state index >= 15 is 0 Å². The number of hydrogen-bond donors (Lipinski definition) is 2. The van der Waals surface area contributed by atoms with Crippen LogP contribution >= 0.6 is 15.9 Å². The molecule has 5 nitrogen and oxygen atoms in total. The van der Waals surface area contributed by atoms with Crippen LogP contribution in [0.3, 0.4) is 0 Å². The molecule has 0 atom stereocenters. The van der Waals surface area contributed by atoms with E-state index in [1.807, 2.05) is 0 Å². The number of nitrogens with two attached hydrogens (primary N) is 1. The summed E-state index contributed by atoms with van der Waals surface area (Å²) in [4.78, 5) is 12.3. The number of rotatable bonds is 4. The molecule has 0 unspecified atom stereocenters. The lowest BCUT2D eigenvalue weighted by Gasteiger charge is -2.12. The number of carbonyl (C=O) groups is 1. The Kier molecular flexibility index (Phi) is 4.70. The molecular weight excluding hydrogens is 336 g/mol. The zero-order chi connectivity index (χ0) is 15.4. The maximum atomic E-state index is 12.3. The number of hydrogen-bond acceptors (Lipinski definition) is 4. The lowest BCUT2D eigenvalue weighted by Crippen LogP contribution is -2.14. The summed E-state index contributed by atoms with van der Waals surface area (Å²) >= 11 is 3.32. The topological polar surface area (TPSA) is 73.6 Å². The first-order valence-corrected chi connectivity index (χ1v) is 6.93. The fourth-order valence-electron chi connectivity index (χ4n) is 1.82. The second-order valence-corrected chi connectivity index (χ2v) is 5.17. The van der Waals surface area contributed by atoms with E-state index in [0.29, 0.717) is 28.4 Å². The molecular formula is C15H15BrN2O3. The normalized spacial score (nSPS) is 10.0. The fraction of sp³-hybridized carbons (Fsp3) is 0.133. The summed E-state index contributed by atoms with van der Waals surface area (Å²) in [6.07, 6.45) is 0. The summed E-state index contributed by atoms with van der Waals surface area (Å²) in [6.45, 7) is 0. The standard InChI is InChI=1S/C15H15BrN2O3/c1-20-10-4-5-11(14(8-10)21-2)15(19)18-13-6-3-9(16)7-12(13)17/h3-8H,17H2,1-2H3,(H,18,19). The zero-order valence-corrected chi connectivity index (χ0v) is 13.2. The minimum absolute atomic E-state index is 0.302. The maximum Gasteiger partial charge on any atom is 0.259 e. The van der Waals surface area contributed by atoms with Crippen molar-refractivity contribution in [3.05, 3.63) is 46.4 Å². The number of nitrogen functional groups attached to an aromatic ring is 1. The molecule has 3 N–H and O–H groups in total. The van der Waals surface area contributed by atoms with Crippen molar-refractivity contribution < 1.29 is 14.3 Å². The van der Waals surface area contributed by atoms with Crippen LogP contribution in [0.2, 0.25) is 0 Å². The summed E-state index contributed by atoms with van der Waals surface area (Å²) in [6, 6.07) is 10.2. The van der Waals surface area contributed by atoms with Crippen LogP contribution in [-0.4, -0.2) is 20.1 Å². The molecule has 2 aromatic carbocycles. The summed E-state index contributed by atoms with van der Waals surface area (Å²) in [5.41, 5.74) is 7.29. The fourth-order valence-corrected chi connectivity index (χ4v) is 2.20. The Balaban J connectivity index is 2.28. The molecule has 1 amide bonds. The van der Waals surface area contributed by atoms with Gasteiger partial charge in [0.05, 0.1) is 31.2 Å². The number of carbonyl (C=O) groups excluding carboxylic acids is 1. The maximum absolute atomic E-state index is 12.3. The second kappa shape index (κ2) is 6.49. The molecule has 0 aliphatic rings. The highest BCUT2D eigenvalue weighted by molar-refractivity contribution is 9.10. The largest absolute Gasteiger partial charge is 0.497 e. The van der Waals surface area contributed by atoms with Gasteiger partial charge >= 0.3 is 0 Å². The highest BCUT2D eigenvalue weighted by Gasteiger charge is 2.14. The Morgan fingerprint density at radius 2 is 1.90 bits per heavy atom. The van der Waals surface area contributed by atoms with Crippen molar-refractivity contribution in [3.63, 3.8) is 0 Å². The van der Waals surface area contributed by atoms with E-state index in [4.69, 9.17) is 15.2 Å². The van der Waals surface area contributed by atoms with Crippen LogP contribution < -0.4 is 20.5 Å². The third-order valence-electron chi connectivity index (χ3n) is 2.92. The SMILES string of the molecule is COc1ccc(C(=O)Nc2ccc(Br)cc2N)c(OC)c1. The predicted molar refractivity (Wildman–Crippen MR) is 86.1 cm³/mol. The number of nitrogens with one attached hydrogen (secondary N) is 1. The van der Waals surface area contributed by atoms with Gasteiger partial charge in [-0.1, -0.05) is 15.9 Å². The Morgan fingerprint density at radius 1 is 1.14 bits per heavy atom. The summed E-state index contributed by atoms with van der Waals surface area (Å²) in [5.74, 6) is 0.748. The van der Waals surface area contributed by atoms with Crippen LogP contribution in [-0.2, 0) is 0 Å². The molecule has 0 radical (unpaired) electrons. The molecule has 0 heterocycles. The molecule has 0 bridgehead atoms. The van der Waals surface area contributed by atoms with Gasteiger partial charge in [-0.3, -0.25) is 4.79 Å². The van der Waals surface area contributed by atoms with E-state index in [1.165, 1.54) is 7.11 Å². The molecule has 110 valence electrons. The third kappa shape index (κ3) is 3.46. The van der Waals surface area contributed by atoms with Crippen LogP contribution in [0.25, 0.3) is 0 Å². The number of ether oxygens (including phenoxy) is 2. The third-order valence-corrected chi connectivity index (χ3v) is 3.41. The molecule has 0 spiro atoms. The minimum atomic E-state index is -0.302. The van der Waals surface area contributed by atoms with Crippen molar-refractivity contribution in [2.24, 2.45) is 0 Å². The number of halogens is 1. The van der Waals surface area contributed by atoms with E-state index in [-0.39, 0.29) is 5.91 Å². The number of benzene rings is 2. The minimum Gasteiger partial charge on any atom is -0.497 e. The first-order chi connectivity index (χ1) is 10.0. The van der Waals surface area contributed by atoms with Crippen LogP contribution in [0.4, 0.5) is 11.4 Å². The lowest BCUT2D eigenvalue weighted by molar-refractivity contribution is 0.102. The lowest BCUT2D eigenvalue weighted by atomic mass is 10.1. The molecule has 0 aliphatic heterocycles. The van der Waals surface area contributed by atoms with Crippen molar-refractivity contribution in [3.8, 4) is 11.5 Å². The molecule has 0 aromatic heterocycles. The van der Waals surface area contributed by atoms with E-state index in [0.717, 1.165) is 4.47 Å². The van der Waals surface area contributed by atoms with Gasteiger partial charge in [-0.15, -0.1) is 0 Å². The summed E-state index contributed by atoms with van der Waals surface area (Å²) < 4.78 is 11.2. The van der Waals surface area contributed by atoms with Crippen molar-refractivity contribution >= 4 is 33.2 Å². The summed E-state index contributed by atoms with van der Waals surface area (Å²) in [7, 11) is 3.05. The van der Waals surface area contributed by atoms with E-state index < -0.39 is 0 Å². The highest BCUT2D eigenvalue weighted by Crippen LogP contribution is 2.27. The summed E-state index contributed by atoms with van der Waals surface area (Å²) in [5, 5.41) is 2.76. The van der Waals surface area contributed by atoms with Crippen molar-refractivity contribution in [2.75, 3.05) is 25.3 Å². The molecule has 2 aromatic rings. The molecule has 0 saturated carbocycles. The average Bonchev–Trinajstić information content (AvgIpc) is 2.49. The van der Waals surface area contributed by atoms with Crippen LogP contribution in [0, 0.1) is 0 Å². The first-order valence-electron chi connectivity index (χ1n) is 6.13. The van der Waals surface area contributed by atoms with Crippen LogP contribution in [0.15, 0.2) is 40.9 Å². The van der Waals surface area contributed by atoms with Crippen molar-refractivity contribution in [2.45, 2.75) is 0 Å². The van der Waals surface area contributed by atoms with Crippen LogP contribution in [0.1, 0.15) is 10.4 Å². The molecule has 0 saturated heterocycles. The smallest absolute Gasteiger partial charge is 0.259 e. The van der Waals surface area contributed by atoms with Gasteiger partial charge in [-0.25, -0.2) is 0 Å². The Morgan fingerprint density at radius 3 is 2.52 bits per heavy atom. The van der Waals surface area contributed by atoms with Crippen molar-refractivity contribution in [1.82, 2.24) is 0 Å². The van der Waals surface area contributed by atoms with Gasteiger partial charge in [0.25, 0.3) is 5.91 Å². The van der Waals surface area contributed by atoms with Gasteiger partial charge in [0.2, 0.25) is 0 Å². The predicted octanol–water partition coefficient (Wildman–Crippen LogP) is 3.30. The van der Waals surface area contributed by atoms with Gasteiger partial charge in [0.1, 0.15) is 11.5 Å². The van der Waals surface area contributed by atoms with Gasteiger partial charge in [-0.05, 0) is 30.3 Å². The Labute approximate surface area is 131 Å². The molecule has 21 heavy (non-hydrogen) atoms. The van der Waals surface area contributed by atoms with Gasteiger partial charge in [0, 0.05) is 10.5 Å². The monoisotopic (exact) mass is 350 g/mol. The van der Waals surface area contributed by atoms with E-state index in [9.17, 15) is 4.79 Å². The Bertz CT molecular complexity index is 674. The molecule has 0 fully saturated rings. The number of anilines is 2. The van der Waals surface area contributed by atoms with E-state index in [1.54, 1.807) is 43.5 Å². The van der Waals surface area contributed by atoms with Gasteiger partial charge < -0.3 is 20.5 Å². The average molecular weight is 351 g/mol.